The number of ether oxygens (including phenoxy) is 1. The Labute approximate surface area is 88.8 Å². The molecule has 1 heterocycles. The van der Waals surface area contributed by atoms with E-state index in [0.29, 0.717) is 5.90 Å². The molecule has 3 heteroatoms. The summed E-state index contributed by atoms with van der Waals surface area (Å²) in [4.78, 5) is 15.7. The summed E-state index contributed by atoms with van der Waals surface area (Å²) in [6.07, 6.45) is 0. The highest BCUT2D eigenvalue weighted by Crippen LogP contribution is 2.18. The van der Waals surface area contributed by atoms with E-state index in [-0.39, 0.29) is 17.9 Å². The van der Waals surface area contributed by atoms with Crippen molar-refractivity contribution < 1.29 is 9.53 Å². The standard InChI is InChI=1S/C12H13NO2/c1-8(2)10-12(14)15-11(13-10)9-6-4-3-5-7-9/h3-8,10H,1-2H3. The topological polar surface area (TPSA) is 38.7 Å². The lowest BCUT2D eigenvalue weighted by Crippen LogP contribution is -2.20. The minimum absolute atomic E-state index is 0.179. The molecule has 3 nitrogen and oxygen atoms in total. The molecule has 1 aliphatic rings. The normalized spacial score (nSPS) is 20.3. The van der Waals surface area contributed by atoms with Crippen molar-refractivity contribution in [3.05, 3.63) is 35.9 Å². The largest absolute Gasteiger partial charge is 0.406 e. The maximum atomic E-state index is 11.5. The highest BCUT2D eigenvalue weighted by molar-refractivity contribution is 6.06. The van der Waals surface area contributed by atoms with Crippen molar-refractivity contribution in [2.75, 3.05) is 0 Å². The Morgan fingerprint density at radius 3 is 2.47 bits per heavy atom. The van der Waals surface area contributed by atoms with Crippen molar-refractivity contribution in [1.82, 2.24) is 0 Å². The fourth-order valence-corrected chi connectivity index (χ4v) is 1.50. The van der Waals surface area contributed by atoms with E-state index in [1.54, 1.807) is 0 Å². The Kier molecular flexibility index (Phi) is 2.54. The molecule has 1 unspecified atom stereocenters. The van der Waals surface area contributed by atoms with Gasteiger partial charge in [-0.2, -0.15) is 0 Å². The number of aliphatic imine (C=N–C) groups is 1. The number of cyclic esters (lactones) is 1. The third-order valence-corrected chi connectivity index (χ3v) is 2.35. The number of carbonyl (C=O) groups is 1. The summed E-state index contributed by atoms with van der Waals surface area (Å²) >= 11 is 0. The molecule has 0 aromatic heterocycles. The minimum Gasteiger partial charge on any atom is -0.406 e. The average molecular weight is 203 g/mol. The molecule has 1 aliphatic heterocycles. The van der Waals surface area contributed by atoms with Crippen LogP contribution in [-0.2, 0) is 9.53 Å². The quantitative estimate of drug-likeness (QED) is 0.690. The van der Waals surface area contributed by atoms with Crippen LogP contribution in [0, 0.1) is 5.92 Å². The molecular weight excluding hydrogens is 190 g/mol. The van der Waals surface area contributed by atoms with E-state index in [1.807, 2.05) is 44.2 Å². The van der Waals surface area contributed by atoms with Crippen molar-refractivity contribution in [1.29, 1.82) is 0 Å². The van der Waals surface area contributed by atoms with Crippen LogP contribution in [0.3, 0.4) is 0 Å². The van der Waals surface area contributed by atoms with E-state index in [2.05, 4.69) is 4.99 Å². The highest BCUT2D eigenvalue weighted by atomic mass is 16.6. The van der Waals surface area contributed by atoms with Gasteiger partial charge in [-0.1, -0.05) is 32.0 Å². The van der Waals surface area contributed by atoms with E-state index in [4.69, 9.17) is 4.74 Å². The zero-order chi connectivity index (χ0) is 10.8. The lowest BCUT2D eigenvalue weighted by atomic mass is 10.1. The molecule has 0 N–H and O–H groups in total. The number of nitrogens with zero attached hydrogens (tertiary/aromatic N) is 1. The lowest BCUT2D eigenvalue weighted by molar-refractivity contribution is -0.135. The van der Waals surface area contributed by atoms with Crippen LogP contribution in [0.15, 0.2) is 35.3 Å². The number of benzene rings is 1. The predicted molar refractivity (Wildman–Crippen MR) is 57.7 cm³/mol. The van der Waals surface area contributed by atoms with E-state index < -0.39 is 0 Å². The van der Waals surface area contributed by atoms with Gasteiger partial charge in [0.1, 0.15) is 0 Å². The smallest absolute Gasteiger partial charge is 0.338 e. The van der Waals surface area contributed by atoms with Crippen molar-refractivity contribution in [2.24, 2.45) is 10.9 Å². The molecule has 0 saturated carbocycles. The van der Waals surface area contributed by atoms with Gasteiger partial charge in [-0.25, -0.2) is 9.79 Å². The van der Waals surface area contributed by atoms with Crippen LogP contribution < -0.4 is 0 Å². The van der Waals surface area contributed by atoms with E-state index >= 15 is 0 Å². The van der Waals surface area contributed by atoms with Crippen LogP contribution in [0.25, 0.3) is 0 Å². The molecule has 2 rings (SSSR count). The summed E-state index contributed by atoms with van der Waals surface area (Å²) < 4.78 is 5.13. The Morgan fingerprint density at radius 2 is 1.93 bits per heavy atom. The van der Waals surface area contributed by atoms with Crippen LogP contribution in [0.5, 0.6) is 0 Å². The molecule has 15 heavy (non-hydrogen) atoms. The molecule has 0 bridgehead atoms. The summed E-state index contributed by atoms with van der Waals surface area (Å²) in [7, 11) is 0. The van der Waals surface area contributed by atoms with Crippen LogP contribution in [-0.4, -0.2) is 17.9 Å². The van der Waals surface area contributed by atoms with Gasteiger partial charge in [0, 0.05) is 5.56 Å². The van der Waals surface area contributed by atoms with Gasteiger partial charge in [-0.3, -0.25) is 0 Å². The maximum Gasteiger partial charge on any atom is 0.338 e. The van der Waals surface area contributed by atoms with Crippen molar-refractivity contribution in [2.45, 2.75) is 19.9 Å². The number of esters is 1. The first-order chi connectivity index (χ1) is 7.18. The first-order valence-corrected chi connectivity index (χ1v) is 5.03. The molecule has 0 aliphatic carbocycles. The van der Waals surface area contributed by atoms with Gasteiger partial charge in [-0.15, -0.1) is 0 Å². The Hall–Kier alpha value is -1.64. The zero-order valence-electron chi connectivity index (χ0n) is 8.81. The molecular formula is C12H13NO2. The van der Waals surface area contributed by atoms with Gasteiger partial charge in [0.05, 0.1) is 0 Å². The second-order valence-electron chi connectivity index (χ2n) is 3.91. The molecule has 1 aromatic rings. The fourth-order valence-electron chi connectivity index (χ4n) is 1.50. The van der Waals surface area contributed by atoms with Crippen molar-refractivity contribution in [3.8, 4) is 0 Å². The van der Waals surface area contributed by atoms with Gasteiger partial charge >= 0.3 is 5.97 Å². The third kappa shape index (κ3) is 1.91. The Bertz CT molecular complexity index is 395. The van der Waals surface area contributed by atoms with Crippen LogP contribution >= 0.6 is 0 Å². The fraction of sp³-hybridized carbons (Fsp3) is 0.333. The highest BCUT2D eigenvalue weighted by Gasteiger charge is 2.31. The lowest BCUT2D eigenvalue weighted by Gasteiger charge is -2.04. The summed E-state index contributed by atoms with van der Waals surface area (Å²) in [5.74, 6) is 0.377. The van der Waals surface area contributed by atoms with Crippen molar-refractivity contribution in [3.63, 3.8) is 0 Å². The number of hydrogen-bond donors (Lipinski definition) is 0. The summed E-state index contributed by atoms with van der Waals surface area (Å²) in [6, 6.07) is 9.13. The number of rotatable bonds is 2. The monoisotopic (exact) mass is 203 g/mol. The average Bonchev–Trinajstić information content (AvgIpc) is 2.62. The molecule has 0 radical (unpaired) electrons. The van der Waals surface area contributed by atoms with Gasteiger partial charge in [-0.05, 0) is 18.1 Å². The van der Waals surface area contributed by atoms with E-state index in [9.17, 15) is 4.79 Å². The zero-order valence-corrected chi connectivity index (χ0v) is 8.81. The first-order valence-electron chi connectivity index (χ1n) is 5.03. The predicted octanol–water partition coefficient (Wildman–Crippen LogP) is 2.01. The molecule has 1 aromatic carbocycles. The van der Waals surface area contributed by atoms with Crippen LogP contribution in [0.2, 0.25) is 0 Å². The van der Waals surface area contributed by atoms with Gasteiger partial charge in [0.25, 0.3) is 0 Å². The summed E-state index contributed by atoms with van der Waals surface area (Å²) in [5.41, 5.74) is 0.856. The van der Waals surface area contributed by atoms with Crippen molar-refractivity contribution >= 4 is 11.9 Å². The van der Waals surface area contributed by atoms with E-state index in [0.717, 1.165) is 5.56 Å². The Morgan fingerprint density at radius 1 is 1.27 bits per heavy atom. The SMILES string of the molecule is CC(C)C1N=C(c2ccccc2)OC1=O. The van der Waals surface area contributed by atoms with Gasteiger partial charge in [0.15, 0.2) is 6.04 Å². The third-order valence-electron chi connectivity index (χ3n) is 2.35. The molecule has 0 fully saturated rings. The maximum absolute atomic E-state index is 11.5. The molecule has 0 amide bonds. The molecule has 1 atom stereocenters. The Balaban J connectivity index is 2.27. The second-order valence-corrected chi connectivity index (χ2v) is 3.91. The summed E-state index contributed by atoms with van der Waals surface area (Å²) in [5, 5.41) is 0. The first kappa shape index (κ1) is 9.90. The molecule has 0 saturated heterocycles. The summed E-state index contributed by atoms with van der Waals surface area (Å²) in [6.45, 7) is 3.92. The van der Waals surface area contributed by atoms with E-state index in [1.165, 1.54) is 0 Å². The molecule has 0 spiro atoms. The van der Waals surface area contributed by atoms with Crippen LogP contribution in [0.1, 0.15) is 19.4 Å². The number of hydrogen-bond acceptors (Lipinski definition) is 3. The number of carbonyl (C=O) groups excluding carboxylic acids is 1. The van der Waals surface area contributed by atoms with Gasteiger partial charge < -0.3 is 4.74 Å². The van der Waals surface area contributed by atoms with Gasteiger partial charge in [0.2, 0.25) is 5.90 Å². The van der Waals surface area contributed by atoms with Crippen LogP contribution in [0.4, 0.5) is 0 Å². The minimum atomic E-state index is -0.347. The molecule has 78 valence electrons. The second kappa shape index (κ2) is 3.85.